The van der Waals surface area contributed by atoms with Crippen molar-refractivity contribution in [3.63, 3.8) is 0 Å². The first-order chi connectivity index (χ1) is 4.08. The highest BCUT2D eigenvalue weighted by Crippen LogP contribution is 2.35. The van der Waals surface area contributed by atoms with Gasteiger partial charge in [0.2, 0.25) is 0 Å². The van der Waals surface area contributed by atoms with E-state index in [0.29, 0.717) is 5.41 Å². The van der Waals surface area contributed by atoms with Crippen LogP contribution >= 0.6 is 0 Å². The van der Waals surface area contributed by atoms with Gasteiger partial charge in [0.25, 0.3) is 0 Å². The Hall–Kier alpha value is 0. The second-order valence-electron chi connectivity index (χ2n) is 4.34. The minimum absolute atomic E-state index is 0.543. The number of hydrogen-bond donors (Lipinski definition) is 0. The molecular weight excluding hydrogens is 108 g/mol. The van der Waals surface area contributed by atoms with Crippen molar-refractivity contribution in [2.24, 2.45) is 11.3 Å². The third-order valence-corrected chi connectivity index (χ3v) is 1.91. The van der Waals surface area contributed by atoms with Gasteiger partial charge in [0.05, 0.1) is 0 Å². The Morgan fingerprint density at radius 2 is 2.00 bits per heavy atom. The second-order valence-corrected chi connectivity index (χ2v) is 4.34. The highest BCUT2D eigenvalue weighted by molar-refractivity contribution is 4.89. The zero-order valence-corrected chi connectivity index (χ0v) is 6.78. The first-order valence-corrected chi connectivity index (χ1v) is 3.91. The fourth-order valence-electron chi connectivity index (χ4n) is 1.37. The Bertz CT molecular complexity index is 82.7. The summed E-state index contributed by atoms with van der Waals surface area (Å²) in [5.74, 6) is 0.949. The largest absolute Gasteiger partial charge is 0.0602 e. The molecule has 0 bridgehead atoms. The number of rotatable bonds is 1. The SMILES string of the molecule is CC(C)(C)CC1[CH]CC1. The molecule has 0 heteroatoms. The highest BCUT2D eigenvalue weighted by Gasteiger charge is 2.23. The van der Waals surface area contributed by atoms with Gasteiger partial charge < -0.3 is 0 Å². The molecule has 1 radical (unpaired) electrons. The standard InChI is InChI=1S/C9H17/c1-9(2,3)7-8-5-4-6-8/h5,8H,4,6-7H2,1-3H3. The van der Waals surface area contributed by atoms with E-state index < -0.39 is 0 Å². The molecule has 0 spiro atoms. The zero-order chi connectivity index (χ0) is 6.91. The van der Waals surface area contributed by atoms with Crippen molar-refractivity contribution in [2.45, 2.75) is 40.0 Å². The molecule has 0 aromatic rings. The second kappa shape index (κ2) is 2.32. The van der Waals surface area contributed by atoms with E-state index in [4.69, 9.17) is 0 Å². The van der Waals surface area contributed by atoms with E-state index >= 15 is 0 Å². The van der Waals surface area contributed by atoms with Gasteiger partial charge in [-0.05, 0) is 37.0 Å². The molecule has 0 saturated heterocycles. The van der Waals surface area contributed by atoms with Crippen molar-refractivity contribution in [3.05, 3.63) is 6.42 Å². The van der Waals surface area contributed by atoms with Crippen molar-refractivity contribution < 1.29 is 0 Å². The van der Waals surface area contributed by atoms with Crippen molar-refractivity contribution >= 4 is 0 Å². The van der Waals surface area contributed by atoms with Crippen LogP contribution in [0.15, 0.2) is 0 Å². The topological polar surface area (TPSA) is 0 Å². The van der Waals surface area contributed by atoms with Crippen molar-refractivity contribution in [1.29, 1.82) is 0 Å². The Balaban J connectivity index is 2.16. The molecule has 1 saturated carbocycles. The van der Waals surface area contributed by atoms with Gasteiger partial charge in [-0.25, -0.2) is 0 Å². The van der Waals surface area contributed by atoms with E-state index in [1.165, 1.54) is 19.3 Å². The van der Waals surface area contributed by atoms with Gasteiger partial charge in [-0.2, -0.15) is 0 Å². The van der Waals surface area contributed by atoms with Gasteiger partial charge in [0.1, 0.15) is 0 Å². The Kier molecular flexibility index (Phi) is 1.83. The molecule has 1 aliphatic carbocycles. The van der Waals surface area contributed by atoms with Gasteiger partial charge in [-0.15, -0.1) is 0 Å². The average Bonchev–Trinajstić information content (AvgIpc) is 1.53. The zero-order valence-electron chi connectivity index (χ0n) is 6.78. The molecule has 0 N–H and O–H groups in total. The maximum atomic E-state index is 2.45. The molecule has 1 atom stereocenters. The predicted octanol–water partition coefficient (Wildman–Crippen LogP) is 3.04. The first-order valence-electron chi connectivity index (χ1n) is 3.91. The summed E-state index contributed by atoms with van der Waals surface area (Å²) < 4.78 is 0. The lowest BCUT2D eigenvalue weighted by molar-refractivity contribution is 0.265. The molecule has 9 heavy (non-hydrogen) atoms. The van der Waals surface area contributed by atoms with Crippen molar-refractivity contribution in [2.75, 3.05) is 0 Å². The molecule has 0 aromatic carbocycles. The average molecular weight is 125 g/mol. The summed E-state index contributed by atoms with van der Waals surface area (Å²) >= 11 is 0. The van der Waals surface area contributed by atoms with Crippen LogP contribution in [0.5, 0.6) is 0 Å². The number of hydrogen-bond acceptors (Lipinski definition) is 0. The quantitative estimate of drug-likeness (QED) is 0.505. The molecule has 1 aliphatic rings. The maximum absolute atomic E-state index is 2.45. The summed E-state index contributed by atoms with van der Waals surface area (Å²) in [6.45, 7) is 6.96. The van der Waals surface area contributed by atoms with E-state index in [2.05, 4.69) is 27.2 Å². The molecule has 53 valence electrons. The van der Waals surface area contributed by atoms with Gasteiger partial charge >= 0.3 is 0 Å². The maximum Gasteiger partial charge on any atom is -0.0354 e. The summed E-state index contributed by atoms with van der Waals surface area (Å²) in [5.41, 5.74) is 0.543. The van der Waals surface area contributed by atoms with Crippen LogP contribution in [0.1, 0.15) is 40.0 Å². The molecule has 1 rings (SSSR count). The monoisotopic (exact) mass is 125 g/mol. The lowest BCUT2D eigenvalue weighted by Crippen LogP contribution is -2.19. The van der Waals surface area contributed by atoms with Crippen LogP contribution in [0.2, 0.25) is 0 Å². The molecule has 0 aromatic heterocycles. The van der Waals surface area contributed by atoms with Gasteiger partial charge in [0.15, 0.2) is 0 Å². The lowest BCUT2D eigenvalue weighted by Gasteiger charge is -2.31. The molecule has 0 heterocycles. The molecule has 0 amide bonds. The fraction of sp³-hybridized carbons (Fsp3) is 0.889. The summed E-state index contributed by atoms with van der Waals surface area (Å²) in [4.78, 5) is 0. The smallest absolute Gasteiger partial charge is 0.0354 e. The molecule has 1 unspecified atom stereocenters. The van der Waals surface area contributed by atoms with Crippen LogP contribution in [-0.4, -0.2) is 0 Å². The Morgan fingerprint density at radius 1 is 1.44 bits per heavy atom. The Morgan fingerprint density at radius 3 is 2.11 bits per heavy atom. The predicted molar refractivity (Wildman–Crippen MR) is 41.1 cm³/mol. The van der Waals surface area contributed by atoms with Gasteiger partial charge in [0, 0.05) is 0 Å². The minimum Gasteiger partial charge on any atom is -0.0602 e. The van der Waals surface area contributed by atoms with Crippen molar-refractivity contribution in [3.8, 4) is 0 Å². The fourth-order valence-corrected chi connectivity index (χ4v) is 1.37. The van der Waals surface area contributed by atoms with Crippen LogP contribution in [0.3, 0.4) is 0 Å². The third-order valence-electron chi connectivity index (χ3n) is 1.91. The summed E-state index contributed by atoms with van der Waals surface area (Å²) in [6.07, 6.45) is 6.64. The summed E-state index contributed by atoms with van der Waals surface area (Å²) in [5, 5.41) is 0. The van der Waals surface area contributed by atoms with Crippen molar-refractivity contribution in [1.82, 2.24) is 0 Å². The first kappa shape index (κ1) is 7.11. The minimum atomic E-state index is 0.543. The van der Waals surface area contributed by atoms with Crippen LogP contribution in [0, 0.1) is 17.8 Å². The van der Waals surface area contributed by atoms with Crippen LogP contribution in [-0.2, 0) is 0 Å². The highest BCUT2D eigenvalue weighted by atomic mass is 14.3. The van der Waals surface area contributed by atoms with E-state index in [0.717, 1.165) is 5.92 Å². The van der Waals surface area contributed by atoms with E-state index in [1.54, 1.807) is 0 Å². The third kappa shape index (κ3) is 2.38. The van der Waals surface area contributed by atoms with Crippen LogP contribution in [0.4, 0.5) is 0 Å². The molecule has 0 nitrogen and oxygen atoms in total. The summed E-state index contributed by atoms with van der Waals surface area (Å²) in [6, 6.07) is 0. The van der Waals surface area contributed by atoms with Crippen LogP contribution in [0.25, 0.3) is 0 Å². The van der Waals surface area contributed by atoms with Gasteiger partial charge in [-0.3, -0.25) is 0 Å². The molecule has 0 aliphatic heterocycles. The molecule has 1 fully saturated rings. The lowest BCUT2D eigenvalue weighted by atomic mass is 9.74. The van der Waals surface area contributed by atoms with E-state index in [1.807, 2.05) is 0 Å². The summed E-state index contributed by atoms with van der Waals surface area (Å²) in [7, 11) is 0. The van der Waals surface area contributed by atoms with Crippen LogP contribution < -0.4 is 0 Å². The van der Waals surface area contributed by atoms with E-state index in [-0.39, 0.29) is 0 Å². The van der Waals surface area contributed by atoms with Gasteiger partial charge in [-0.1, -0.05) is 20.8 Å². The van der Waals surface area contributed by atoms with E-state index in [9.17, 15) is 0 Å². The Labute approximate surface area is 58.7 Å². The normalized spacial score (nSPS) is 21.7. The molecular formula is C9H17.